The highest BCUT2D eigenvalue weighted by Gasteiger charge is 2.50. The van der Waals surface area contributed by atoms with Crippen molar-refractivity contribution in [2.45, 2.75) is 24.5 Å². The van der Waals surface area contributed by atoms with Crippen molar-refractivity contribution in [2.24, 2.45) is 0 Å². The summed E-state index contributed by atoms with van der Waals surface area (Å²) in [4.78, 5) is 6.20. The van der Waals surface area contributed by atoms with Gasteiger partial charge in [-0.2, -0.15) is 0 Å². The van der Waals surface area contributed by atoms with Crippen molar-refractivity contribution in [3.8, 4) is 5.75 Å². The summed E-state index contributed by atoms with van der Waals surface area (Å²) in [5.41, 5.74) is 5.94. The van der Waals surface area contributed by atoms with Crippen LogP contribution in [0.3, 0.4) is 0 Å². The maximum atomic E-state index is 7.08. The van der Waals surface area contributed by atoms with E-state index in [1.807, 2.05) is 0 Å². The lowest BCUT2D eigenvalue weighted by Gasteiger charge is -2.49. The first-order valence-corrected chi connectivity index (χ1v) is 11.8. The molecule has 5 aromatic rings. The average Bonchev–Trinajstić information content (AvgIpc) is 3.26. The maximum Gasteiger partial charge on any atom is 0.205 e. The van der Waals surface area contributed by atoms with Crippen LogP contribution >= 0.6 is 0 Å². The van der Waals surface area contributed by atoms with E-state index < -0.39 is 5.72 Å². The monoisotopic (exact) mass is 430 g/mol. The molecule has 1 aromatic heterocycles. The van der Waals surface area contributed by atoms with Crippen molar-refractivity contribution in [3.63, 3.8) is 0 Å². The number of rotatable bonds is 1. The Labute approximate surface area is 193 Å². The van der Waals surface area contributed by atoms with Crippen LogP contribution in [0.25, 0.3) is 21.7 Å². The fourth-order valence-corrected chi connectivity index (χ4v) is 6.13. The van der Waals surface area contributed by atoms with E-state index in [-0.39, 0.29) is 5.92 Å². The SMILES string of the molecule is CN1CCc2c([nH]c3ccccc23)[C@]12C[C@H](c1ccccc1)c1c(ccc3ccccc13)O2. The second-order valence-corrected chi connectivity index (χ2v) is 9.45. The molecule has 3 heteroatoms. The van der Waals surface area contributed by atoms with Crippen molar-refractivity contribution in [1.82, 2.24) is 9.88 Å². The van der Waals surface area contributed by atoms with Gasteiger partial charge in [-0.05, 0) is 47.5 Å². The smallest absolute Gasteiger partial charge is 0.205 e. The minimum atomic E-state index is -0.525. The van der Waals surface area contributed by atoms with Crippen molar-refractivity contribution < 1.29 is 4.74 Å². The van der Waals surface area contributed by atoms with Crippen LogP contribution in [-0.2, 0) is 12.1 Å². The van der Waals surface area contributed by atoms with Crippen molar-refractivity contribution in [2.75, 3.05) is 13.6 Å². The van der Waals surface area contributed by atoms with Crippen molar-refractivity contribution in [1.29, 1.82) is 0 Å². The Hall–Kier alpha value is -3.56. The van der Waals surface area contributed by atoms with Crippen LogP contribution in [0.15, 0.2) is 91.0 Å². The highest BCUT2D eigenvalue weighted by molar-refractivity contribution is 5.89. The lowest BCUT2D eigenvalue weighted by atomic mass is 9.77. The summed E-state index contributed by atoms with van der Waals surface area (Å²) < 4.78 is 7.08. The number of hydrogen-bond donors (Lipinski definition) is 1. The van der Waals surface area contributed by atoms with Crippen LogP contribution in [0, 0.1) is 0 Å². The van der Waals surface area contributed by atoms with Gasteiger partial charge in [0.2, 0.25) is 5.72 Å². The third-order valence-electron chi connectivity index (χ3n) is 7.76. The van der Waals surface area contributed by atoms with Gasteiger partial charge < -0.3 is 9.72 Å². The number of H-pyrrole nitrogens is 1. The van der Waals surface area contributed by atoms with Crippen molar-refractivity contribution in [3.05, 3.63) is 113 Å². The first-order chi connectivity index (χ1) is 16.2. The Bertz CT molecular complexity index is 1500. The lowest BCUT2D eigenvalue weighted by Crippen LogP contribution is -2.55. The topological polar surface area (TPSA) is 28.3 Å². The lowest BCUT2D eigenvalue weighted by molar-refractivity contribution is -0.107. The minimum Gasteiger partial charge on any atom is -0.466 e. The molecule has 0 amide bonds. The molecule has 2 aliphatic heterocycles. The third-order valence-corrected chi connectivity index (χ3v) is 7.76. The molecule has 0 aliphatic carbocycles. The quantitative estimate of drug-likeness (QED) is 0.325. The highest BCUT2D eigenvalue weighted by Crippen LogP contribution is 2.53. The second kappa shape index (κ2) is 6.97. The molecule has 3 nitrogen and oxygen atoms in total. The summed E-state index contributed by atoms with van der Waals surface area (Å²) in [6.45, 7) is 0.971. The summed E-state index contributed by atoms with van der Waals surface area (Å²) in [5.74, 6) is 1.23. The van der Waals surface area contributed by atoms with E-state index in [0.29, 0.717) is 0 Å². The Balaban J connectivity index is 1.51. The highest BCUT2D eigenvalue weighted by atomic mass is 16.5. The number of aromatic nitrogens is 1. The van der Waals surface area contributed by atoms with Gasteiger partial charge in [-0.25, -0.2) is 0 Å². The number of fused-ring (bicyclic) bond motifs is 7. The van der Waals surface area contributed by atoms with E-state index in [4.69, 9.17) is 4.74 Å². The van der Waals surface area contributed by atoms with Crippen LogP contribution < -0.4 is 4.74 Å². The molecule has 0 saturated heterocycles. The number of aromatic amines is 1. The number of nitrogens with zero attached hydrogens (tertiary/aromatic N) is 1. The number of likely N-dealkylation sites (N-methyl/N-ethyl adjacent to an activating group) is 1. The first kappa shape index (κ1) is 19.0. The summed E-state index contributed by atoms with van der Waals surface area (Å²) in [6, 6.07) is 32.7. The number of para-hydroxylation sites is 1. The molecule has 33 heavy (non-hydrogen) atoms. The zero-order chi connectivity index (χ0) is 22.0. The van der Waals surface area contributed by atoms with Gasteiger partial charge in [0.15, 0.2) is 0 Å². The minimum absolute atomic E-state index is 0.237. The molecular formula is C30H26N2O. The number of benzene rings is 4. The zero-order valence-corrected chi connectivity index (χ0v) is 18.7. The molecule has 162 valence electrons. The van der Waals surface area contributed by atoms with Crippen LogP contribution in [0.1, 0.15) is 34.7 Å². The largest absolute Gasteiger partial charge is 0.466 e. The number of ether oxygens (including phenoxy) is 1. The van der Waals surface area contributed by atoms with E-state index in [0.717, 1.165) is 25.1 Å². The fourth-order valence-electron chi connectivity index (χ4n) is 6.13. The van der Waals surface area contributed by atoms with Crippen LogP contribution in [0.4, 0.5) is 0 Å². The predicted octanol–water partition coefficient (Wildman–Crippen LogP) is 6.58. The average molecular weight is 431 g/mol. The second-order valence-electron chi connectivity index (χ2n) is 9.45. The van der Waals surface area contributed by atoms with E-state index in [9.17, 15) is 0 Å². The molecule has 0 radical (unpaired) electrons. The molecular weight excluding hydrogens is 404 g/mol. The van der Waals surface area contributed by atoms with Gasteiger partial charge >= 0.3 is 0 Å². The van der Waals surface area contributed by atoms with E-state index in [1.165, 1.54) is 44.1 Å². The Kier molecular flexibility index (Phi) is 4.00. The standard InChI is InChI=1S/C30H26N2O/c1-32-18-17-24-23-13-7-8-14-26(23)31-29(24)30(32)19-25(20-9-3-2-4-10-20)28-22-12-6-5-11-21(22)15-16-27(28)33-30/h2-16,25,31H,17-19H2,1H3/t25-,30-/m1/s1. The van der Waals surface area contributed by atoms with E-state index >= 15 is 0 Å². The van der Waals surface area contributed by atoms with Crippen LogP contribution in [0.5, 0.6) is 5.75 Å². The molecule has 7 rings (SSSR count). The number of hydrogen-bond acceptors (Lipinski definition) is 2. The molecule has 4 aromatic carbocycles. The predicted molar refractivity (Wildman–Crippen MR) is 134 cm³/mol. The van der Waals surface area contributed by atoms with Gasteiger partial charge in [0.1, 0.15) is 5.75 Å². The molecule has 2 atom stereocenters. The molecule has 0 bridgehead atoms. The molecule has 0 unspecified atom stereocenters. The zero-order valence-electron chi connectivity index (χ0n) is 18.7. The molecule has 0 saturated carbocycles. The van der Waals surface area contributed by atoms with Gasteiger partial charge in [-0.15, -0.1) is 0 Å². The summed E-state index contributed by atoms with van der Waals surface area (Å²) in [5, 5.41) is 3.87. The third kappa shape index (κ3) is 2.66. The van der Waals surface area contributed by atoms with Crippen molar-refractivity contribution >= 4 is 21.7 Å². The number of nitrogens with one attached hydrogen (secondary N) is 1. The van der Waals surface area contributed by atoms with Gasteiger partial charge in [0.05, 0.1) is 5.69 Å². The Morgan fingerprint density at radius 3 is 2.48 bits per heavy atom. The normalized spacial score (nSPS) is 22.3. The van der Waals surface area contributed by atoms with Gasteiger partial charge in [0.25, 0.3) is 0 Å². The Morgan fingerprint density at radius 2 is 1.61 bits per heavy atom. The maximum absolute atomic E-state index is 7.08. The fraction of sp³-hybridized carbons (Fsp3) is 0.200. The Morgan fingerprint density at radius 1 is 0.848 bits per heavy atom. The van der Waals surface area contributed by atoms with Gasteiger partial charge in [0, 0.05) is 35.3 Å². The van der Waals surface area contributed by atoms with Crippen LogP contribution in [-0.4, -0.2) is 23.5 Å². The van der Waals surface area contributed by atoms with E-state index in [2.05, 4.69) is 108 Å². The van der Waals surface area contributed by atoms with Gasteiger partial charge in [-0.3, -0.25) is 4.90 Å². The summed E-state index contributed by atoms with van der Waals surface area (Å²) >= 11 is 0. The summed E-state index contributed by atoms with van der Waals surface area (Å²) in [7, 11) is 2.21. The van der Waals surface area contributed by atoms with E-state index in [1.54, 1.807) is 0 Å². The van der Waals surface area contributed by atoms with Gasteiger partial charge in [-0.1, -0.05) is 78.9 Å². The molecule has 0 fully saturated rings. The first-order valence-electron chi connectivity index (χ1n) is 11.8. The molecule has 1 spiro atoms. The molecule has 3 heterocycles. The molecule has 2 aliphatic rings. The van der Waals surface area contributed by atoms with Crippen LogP contribution in [0.2, 0.25) is 0 Å². The molecule has 1 N–H and O–H groups in total. The summed E-state index contributed by atoms with van der Waals surface area (Å²) in [6.07, 6.45) is 1.90.